The van der Waals surface area contributed by atoms with Gasteiger partial charge in [0.15, 0.2) is 0 Å². The SMILES string of the molecule is CCC(C)C(N)C(=O)N1CCC(c2nnc(-c3ccc(Cl)cc3)c3ccccc23)CC1. The minimum Gasteiger partial charge on any atom is -0.341 e. The molecule has 31 heavy (non-hydrogen) atoms. The summed E-state index contributed by atoms with van der Waals surface area (Å²) >= 11 is 6.05. The second kappa shape index (κ2) is 9.33. The first kappa shape index (κ1) is 21.7. The lowest BCUT2D eigenvalue weighted by Gasteiger charge is -2.34. The predicted molar refractivity (Wildman–Crippen MR) is 126 cm³/mol. The number of benzene rings is 2. The van der Waals surface area contributed by atoms with E-state index in [0.717, 1.165) is 47.0 Å². The molecule has 1 amide bonds. The Morgan fingerprint density at radius 3 is 2.39 bits per heavy atom. The molecular weight excluding hydrogens is 408 g/mol. The monoisotopic (exact) mass is 436 g/mol. The number of nitrogens with two attached hydrogens (primary N) is 1. The van der Waals surface area contributed by atoms with Crippen molar-refractivity contribution in [2.24, 2.45) is 11.7 Å². The van der Waals surface area contributed by atoms with Crippen LogP contribution in [0.1, 0.15) is 44.7 Å². The van der Waals surface area contributed by atoms with Gasteiger partial charge in [0, 0.05) is 40.4 Å². The number of carbonyl (C=O) groups is 1. The van der Waals surface area contributed by atoms with Gasteiger partial charge in [-0.2, -0.15) is 5.10 Å². The number of amides is 1. The number of hydrogen-bond donors (Lipinski definition) is 1. The molecule has 0 aliphatic carbocycles. The van der Waals surface area contributed by atoms with E-state index >= 15 is 0 Å². The molecule has 0 spiro atoms. The molecule has 2 atom stereocenters. The summed E-state index contributed by atoms with van der Waals surface area (Å²) in [6, 6.07) is 15.6. The highest BCUT2D eigenvalue weighted by Crippen LogP contribution is 2.35. The highest BCUT2D eigenvalue weighted by Gasteiger charge is 2.30. The van der Waals surface area contributed by atoms with Gasteiger partial charge in [-0.15, -0.1) is 5.10 Å². The number of carbonyl (C=O) groups excluding carboxylic acids is 1. The first-order valence-electron chi connectivity index (χ1n) is 11.0. The van der Waals surface area contributed by atoms with E-state index in [1.54, 1.807) is 0 Å². The molecule has 1 saturated heterocycles. The predicted octanol–water partition coefficient (Wildman–Crippen LogP) is 5.03. The quantitative estimate of drug-likeness (QED) is 0.608. The van der Waals surface area contributed by atoms with Crippen LogP contribution in [0.5, 0.6) is 0 Å². The van der Waals surface area contributed by atoms with Crippen molar-refractivity contribution in [1.29, 1.82) is 0 Å². The number of halogens is 1. The van der Waals surface area contributed by atoms with Crippen LogP contribution in [0.25, 0.3) is 22.0 Å². The molecule has 2 N–H and O–H groups in total. The molecule has 0 bridgehead atoms. The molecule has 2 unspecified atom stereocenters. The van der Waals surface area contributed by atoms with Crippen molar-refractivity contribution in [3.05, 3.63) is 59.2 Å². The summed E-state index contributed by atoms with van der Waals surface area (Å²) in [5, 5.41) is 12.2. The van der Waals surface area contributed by atoms with Crippen LogP contribution in [0, 0.1) is 5.92 Å². The average Bonchev–Trinajstić information content (AvgIpc) is 2.82. The van der Waals surface area contributed by atoms with Crippen molar-refractivity contribution in [3.8, 4) is 11.3 Å². The van der Waals surface area contributed by atoms with E-state index in [4.69, 9.17) is 17.3 Å². The van der Waals surface area contributed by atoms with E-state index in [0.29, 0.717) is 18.1 Å². The number of fused-ring (bicyclic) bond motifs is 1. The summed E-state index contributed by atoms with van der Waals surface area (Å²) < 4.78 is 0. The van der Waals surface area contributed by atoms with Gasteiger partial charge in [-0.05, 0) is 30.9 Å². The van der Waals surface area contributed by atoms with Gasteiger partial charge >= 0.3 is 0 Å². The molecule has 1 aromatic heterocycles. The van der Waals surface area contributed by atoms with Crippen LogP contribution in [0.2, 0.25) is 5.02 Å². The van der Waals surface area contributed by atoms with E-state index in [9.17, 15) is 4.79 Å². The Hall–Kier alpha value is -2.50. The van der Waals surface area contributed by atoms with Crippen molar-refractivity contribution in [2.45, 2.75) is 45.1 Å². The maximum absolute atomic E-state index is 12.7. The minimum atomic E-state index is -0.416. The van der Waals surface area contributed by atoms with Crippen molar-refractivity contribution >= 4 is 28.3 Å². The largest absolute Gasteiger partial charge is 0.341 e. The zero-order valence-electron chi connectivity index (χ0n) is 18.1. The molecule has 2 aromatic carbocycles. The van der Waals surface area contributed by atoms with E-state index in [1.165, 1.54) is 0 Å². The lowest BCUT2D eigenvalue weighted by Crippen LogP contribution is -2.49. The van der Waals surface area contributed by atoms with Crippen molar-refractivity contribution in [2.75, 3.05) is 13.1 Å². The van der Waals surface area contributed by atoms with E-state index in [2.05, 4.69) is 29.3 Å². The second-order valence-electron chi connectivity index (χ2n) is 8.50. The first-order valence-corrected chi connectivity index (χ1v) is 11.4. The summed E-state index contributed by atoms with van der Waals surface area (Å²) in [4.78, 5) is 14.7. The molecule has 2 heterocycles. The van der Waals surface area contributed by atoms with Crippen LogP contribution in [-0.2, 0) is 4.79 Å². The van der Waals surface area contributed by atoms with Crippen LogP contribution >= 0.6 is 11.6 Å². The second-order valence-corrected chi connectivity index (χ2v) is 8.93. The summed E-state index contributed by atoms with van der Waals surface area (Å²) in [5.74, 6) is 0.544. The van der Waals surface area contributed by atoms with Gasteiger partial charge in [-0.3, -0.25) is 4.79 Å². The highest BCUT2D eigenvalue weighted by molar-refractivity contribution is 6.30. The fourth-order valence-electron chi connectivity index (χ4n) is 4.33. The zero-order valence-corrected chi connectivity index (χ0v) is 18.8. The van der Waals surface area contributed by atoms with Gasteiger partial charge in [0.2, 0.25) is 5.91 Å². The number of hydrogen-bond acceptors (Lipinski definition) is 4. The third kappa shape index (κ3) is 4.43. The zero-order chi connectivity index (χ0) is 22.0. The van der Waals surface area contributed by atoms with Crippen molar-refractivity contribution < 1.29 is 4.79 Å². The number of likely N-dealkylation sites (tertiary alicyclic amines) is 1. The van der Waals surface area contributed by atoms with Crippen LogP contribution in [0.3, 0.4) is 0 Å². The van der Waals surface area contributed by atoms with Gasteiger partial charge in [0.05, 0.1) is 11.7 Å². The van der Waals surface area contributed by atoms with E-state index < -0.39 is 6.04 Å². The molecule has 0 saturated carbocycles. The van der Waals surface area contributed by atoms with Gasteiger partial charge < -0.3 is 10.6 Å². The molecule has 1 aliphatic heterocycles. The number of nitrogens with zero attached hydrogens (tertiary/aromatic N) is 3. The third-order valence-electron chi connectivity index (χ3n) is 6.57. The molecule has 6 heteroatoms. The fourth-order valence-corrected chi connectivity index (χ4v) is 4.45. The minimum absolute atomic E-state index is 0.0711. The average molecular weight is 437 g/mol. The maximum atomic E-state index is 12.7. The Labute approximate surface area is 188 Å². The maximum Gasteiger partial charge on any atom is 0.239 e. The normalized spacial score (nSPS) is 17.0. The Kier molecular flexibility index (Phi) is 6.54. The topological polar surface area (TPSA) is 72.1 Å². The molecule has 4 rings (SSSR count). The lowest BCUT2D eigenvalue weighted by molar-refractivity contribution is -0.134. The Morgan fingerprint density at radius 2 is 1.74 bits per heavy atom. The van der Waals surface area contributed by atoms with Gasteiger partial charge in [0.1, 0.15) is 5.69 Å². The smallest absolute Gasteiger partial charge is 0.239 e. The molecule has 0 radical (unpaired) electrons. The number of rotatable bonds is 5. The molecule has 3 aromatic rings. The first-order chi connectivity index (χ1) is 15.0. The Bertz CT molecular complexity index is 1060. The Morgan fingerprint density at radius 1 is 1.10 bits per heavy atom. The van der Waals surface area contributed by atoms with E-state index in [-0.39, 0.29) is 17.7 Å². The number of piperidine rings is 1. The van der Waals surface area contributed by atoms with Gasteiger partial charge in [-0.25, -0.2) is 0 Å². The standard InChI is InChI=1S/C25H29ClN4O/c1-3-16(2)22(27)25(31)30-14-12-18(13-15-30)24-21-7-5-4-6-20(21)23(28-29-24)17-8-10-19(26)11-9-17/h4-11,16,18,22H,3,12-15,27H2,1-2H3. The number of aromatic nitrogens is 2. The van der Waals surface area contributed by atoms with Crippen LogP contribution < -0.4 is 5.73 Å². The molecule has 5 nitrogen and oxygen atoms in total. The van der Waals surface area contributed by atoms with Crippen LogP contribution in [0.15, 0.2) is 48.5 Å². The lowest BCUT2D eigenvalue weighted by atomic mass is 9.89. The van der Waals surface area contributed by atoms with E-state index in [1.807, 2.05) is 48.2 Å². The van der Waals surface area contributed by atoms with Crippen LogP contribution in [0.4, 0.5) is 0 Å². The van der Waals surface area contributed by atoms with Gasteiger partial charge in [-0.1, -0.05) is 68.3 Å². The summed E-state index contributed by atoms with van der Waals surface area (Å²) in [6.07, 6.45) is 2.65. The van der Waals surface area contributed by atoms with Crippen molar-refractivity contribution in [1.82, 2.24) is 15.1 Å². The highest BCUT2D eigenvalue weighted by atomic mass is 35.5. The van der Waals surface area contributed by atoms with Crippen molar-refractivity contribution in [3.63, 3.8) is 0 Å². The van der Waals surface area contributed by atoms with Crippen LogP contribution in [-0.4, -0.2) is 40.1 Å². The summed E-state index contributed by atoms with van der Waals surface area (Å²) in [5.41, 5.74) is 9.06. The molecular formula is C25H29ClN4O. The molecule has 1 aliphatic rings. The molecule has 162 valence electrons. The third-order valence-corrected chi connectivity index (χ3v) is 6.82. The summed E-state index contributed by atoms with van der Waals surface area (Å²) in [6.45, 7) is 5.53. The summed E-state index contributed by atoms with van der Waals surface area (Å²) in [7, 11) is 0. The fraction of sp³-hybridized carbons (Fsp3) is 0.400. The Balaban J connectivity index is 1.57. The van der Waals surface area contributed by atoms with Gasteiger partial charge in [0.25, 0.3) is 0 Å². The molecule has 1 fully saturated rings.